The van der Waals surface area contributed by atoms with Gasteiger partial charge in [0.2, 0.25) is 11.7 Å². The summed E-state index contributed by atoms with van der Waals surface area (Å²) >= 11 is 5.86. The average molecular weight is 394 g/mol. The van der Waals surface area contributed by atoms with E-state index in [-0.39, 0.29) is 12.5 Å². The molecule has 1 N–H and O–H groups in total. The lowest BCUT2D eigenvalue weighted by molar-refractivity contribution is -0.121. The van der Waals surface area contributed by atoms with E-state index in [2.05, 4.69) is 20.4 Å². The van der Waals surface area contributed by atoms with E-state index >= 15 is 0 Å². The van der Waals surface area contributed by atoms with Gasteiger partial charge in [-0.05, 0) is 29.8 Å². The van der Waals surface area contributed by atoms with Crippen molar-refractivity contribution in [2.45, 2.75) is 13.1 Å². The largest absolute Gasteiger partial charge is 0.350 e. The summed E-state index contributed by atoms with van der Waals surface area (Å²) < 4.78 is 6.96. The van der Waals surface area contributed by atoms with Crippen LogP contribution in [0.4, 0.5) is 0 Å². The lowest BCUT2D eigenvalue weighted by Crippen LogP contribution is -2.26. The van der Waals surface area contributed by atoms with Crippen LogP contribution in [0.3, 0.4) is 0 Å². The molecule has 0 spiro atoms. The average Bonchev–Trinajstić information content (AvgIpc) is 3.38. The molecule has 0 aliphatic heterocycles. The first kappa shape index (κ1) is 17.9. The van der Waals surface area contributed by atoms with Crippen molar-refractivity contribution in [1.29, 1.82) is 0 Å². The third-order valence-corrected chi connectivity index (χ3v) is 4.29. The quantitative estimate of drug-likeness (QED) is 0.541. The Labute approximate surface area is 166 Å². The molecule has 0 atom stereocenters. The maximum Gasteiger partial charge on any atom is 0.258 e. The zero-order chi connectivity index (χ0) is 19.3. The van der Waals surface area contributed by atoms with E-state index in [1.54, 1.807) is 29.2 Å². The number of rotatable bonds is 6. The molecule has 8 heteroatoms. The summed E-state index contributed by atoms with van der Waals surface area (Å²) in [5, 5.41) is 7.49. The Morgan fingerprint density at radius 1 is 1.11 bits per heavy atom. The minimum absolute atomic E-state index is 0.128. The number of imidazole rings is 1. The van der Waals surface area contributed by atoms with Crippen molar-refractivity contribution >= 4 is 17.5 Å². The van der Waals surface area contributed by atoms with Crippen molar-refractivity contribution < 1.29 is 9.32 Å². The molecule has 2 aromatic carbocycles. The van der Waals surface area contributed by atoms with Crippen molar-refractivity contribution in [1.82, 2.24) is 25.0 Å². The predicted octanol–water partition coefficient (Wildman–Crippen LogP) is 3.57. The van der Waals surface area contributed by atoms with Gasteiger partial charge in [0.25, 0.3) is 5.89 Å². The lowest BCUT2D eigenvalue weighted by Gasteiger charge is -2.06. The van der Waals surface area contributed by atoms with Crippen LogP contribution in [0.1, 0.15) is 5.56 Å². The molecule has 28 heavy (non-hydrogen) atoms. The van der Waals surface area contributed by atoms with E-state index in [1.807, 2.05) is 42.5 Å². The Bertz CT molecular complexity index is 1070. The van der Waals surface area contributed by atoms with Gasteiger partial charge in [-0.1, -0.05) is 47.1 Å². The highest BCUT2D eigenvalue weighted by atomic mass is 35.5. The molecule has 0 aliphatic rings. The van der Waals surface area contributed by atoms with E-state index in [1.165, 1.54) is 0 Å². The molecule has 140 valence electrons. The monoisotopic (exact) mass is 393 g/mol. The molecule has 4 rings (SSSR count). The van der Waals surface area contributed by atoms with Crippen molar-refractivity contribution in [3.63, 3.8) is 0 Å². The highest BCUT2D eigenvalue weighted by Crippen LogP contribution is 2.20. The number of aromatic nitrogens is 4. The highest BCUT2D eigenvalue weighted by Gasteiger charge is 2.13. The Morgan fingerprint density at radius 3 is 2.68 bits per heavy atom. The van der Waals surface area contributed by atoms with Gasteiger partial charge < -0.3 is 14.4 Å². The van der Waals surface area contributed by atoms with E-state index in [0.717, 1.165) is 11.1 Å². The van der Waals surface area contributed by atoms with Crippen LogP contribution in [0.5, 0.6) is 0 Å². The smallest absolute Gasteiger partial charge is 0.258 e. The molecule has 0 saturated carbocycles. The molecule has 7 nitrogen and oxygen atoms in total. The van der Waals surface area contributed by atoms with Crippen LogP contribution in [0, 0.1) is 0 Å². The molecular weight excluding hydrogens is 378 g/mol. The highest BCUT2D eigenvalue weighted by molar-refractivity contribution is 6.30. The summed E-state index contributed by atoms with van der Waals surface area (Å²) in [7, 11) is 0. The summed E-state index contributed by atoms with van der Waals surface area (Å²) in [6.07, 6.45) is 3.28. The van der Waals surface area contributed by atoms with Crippen LogP contribution in [-0.2, 0) is 17.9 Å². The number of carbonyl (C=O) groups is 1. The fraction of sp³-hybridized carbons (Fsp3) is 0.100. The third-order valence-electron chi connectivity index (χ3n) is 4.04. The summed E-state index contributed by atoms with van der Waals surface area (Å²) in [6, 6.07) is 16.8. The maximum absolute atomic E-state index is 12.2. The Hall–Kier alpha value is -3.45. The van der Waals surface area contributed by atoms with Gasteiger partial charge in [-0.25, -0.2) is 4.98 Å². The van der Waals surface area contributed by atoms with Crippen molar-refractivity contribution in [3.05, 3.63) is 77.7 Å². The lowest BCUT2D eigenvalue weighted by atomic mass is 10.2. The van der Waals surface area contributed by atoms with E-state index in [0.29, 0.717) is 29.0 Å². The molecule has 0 radical (unpaired) electrons. The second-order valence-corrected chi connectivity index (χ2v) is 6.56. The summed E-state index contributed by atoms with van der Waals surface area (Å²) in [4.78, 5) is 20.8. The predicted molar refractivity (Wildman–Crippen MR) is 104 cm³/mol. The number of hydrogen-bond acceptors (Lipinski definition) is 5. The molecule has 2 heterocycles. The third kappa shape index (κ3) is 4.27. The molecule has 0 bridgehead atoms. The number of nitrogens with one attached hydrogen (secondary N) is 1. The number of benzene rings is 2. The van der Waals surface area contributed by atoms with Crippen LogP contribution < -0.4 is 5.32 Å². The SMILES string of the molecule is O=C(Cn1cnc(-c2noc(-c3ccccc3)n2)c1)NCc1ccc(Cl)cc1. The Kier molecular flexibility index (Phi) is 5.16. The van der Waals surface area contributed by atoms with Crippen molar-refractivity contribution in [2.75, 3.05) is 0 Å². The number of amides is 1. The first-order chi connectivity index (χ1) is 13.7. The van der Waals surface area contributed by atoms with Crippen LogP contribution >= 0.6 is 11.6 Å². The molecule has 2 aromatic heterocycles. The van der Waals surface area contributed by atoms with Gasteiger partial charge in [0.1, 0.15) is 12.2 Å². The molecule has 0 aliphatic carbocycles. The van der Waals surface area contributed by atoms with E-state index in [4.69, 9.17) is 16.1 Å². The van der Waals surface area contributed by atoms with E-state index < -0.39 is 0 Å². The topological polar surface area (TPSA) is 85.8 Å². The van der Waals surface area contributed by atoms with Crippen molar-refractivity contribution in [3.8, 4) is 23.0 Å². The van der Waals surface area contributed by atoms with Crippen LogP contribution in [-0.4, -0.2) is 25.6 Å². The Morgan fingerprint density at radius 2 is 1.89 bits per heavy atom. The fourth-order valence-corrected chi connectivity index (χ4v) is 2.74. The normalized spacial score (nSPS) is 10.8. The van der Waals surface area contributed by atoms with Gasteiger partial charge in [-0.2, -0.15) is 4.98 Å². The second-order valence-electron chi connectivity index (χ2n) is 6.12. The standard InChI is InChI=1S/C20H16ClN5O2/c21-16-8-6-14(7-9-16)10-22-18(27)12-26-11-17(23-13-26)19-24-20(28-25-19)15-4-2-1-3-5-15/h1-9,11,13H,10,12H2,(H,22,27). The zero-order valence-electron chi connectivity index (χ0n) is 14.7. The number of carbonyl (C=O) groups excluding carboxylic acids is 1. The molecular formula is C20H16ClN5O2. The van der Waals surface area contributed by atoms with Gasteiger partial charge >= 0.3 is 0 Å². The number of nitrogens with zero attached hydrogens (tertiary/aromatic N) is 4. The van der Waals surface area contributed by atoms with Crippen LogP contribution in [0.15, 0.2) is 71.6 Å². The van der Waals surface area contributed by atoms with Gasteiger partial charge in [0.15, 0.2) is 0 Å². The van der Waals surface area contributed by atoms with Crippen molar-refractivity contribution in [2.24, 2.45) is 0 Å². The summed E-state index contributed by atoms with van der Waals surface area (Å²) in [5.41, 5.74) is 2.35. The fourth-order valence-electron chi connectivity index (χ4n) is 2.61. The number of halogens is 1. The summed E-state index contributed by atoms with van der Waals surface area (Å²) in [5.74, 6) is 0.669. The molecule has 4 aromatic rings. The van der Waals surface area contributed by atoms with Gasteiger partial charge in [-0.15, -0.1) is 0 Å². The van der Waals surface area contributed by atoms with Gasteiger partial charge in [0, 0.05) is 23.3 Å². The molecule has 0 unspecified atom stereocenters. The van der Waals surface area contributed by atoms with E-state index in [9.17, 15) is 4.79 Å². The molecule has 0 fully saturated rings. The summed E-state index contributed by atoms with van der Waals surface area (Å²) in [6.45, 7) is 0.576. The van der Waals surface area contributed by atoms with Gasteiger partial charge in [0.05, 0.1) is 6.33 Å². The second kappa shape index (κ2) is 8.06. The zero-order valence-corrected chi connectivity index (χ0v) is 15.5. The first-order valence-corrected chi connectivity index (χ1v) is 8.97. The minimum Gasteiger partial charge on any atom is -0.350 e. The minimum atomic E-state index is -0.128. The number of hydrogen-bond donors (Lipinski definition) is 1. The van der Waals surface area contributed by atoms with Gasteiger partial charge in [-0.3, -0.25) is 4.79 Å². The first-order valence-electron chi connectivity index (χ1n) is 8.60. The van der Waals surface area contributed by atoms with Crippen LogP contribution in [0.25, 0.3) is 23.0 Å². The molecule has 1 amide bonds. The Balaban J connectivity index is 1.37. The maximum atomic E-state index is 12.2. The molecule has 0 saturated heterocycles. The van der Waals surface area contributed by atoms with Crippen LogP contribution in [0.2, 0.25) is 5.02 Å².